The molecule has 1 amide bonds. The van der Waals surface area contributed by atoms with E-state index < -0.39 is 0 Å². The molecule has 0 saturated carbocycles. The van der Waals surface area contributed by atoms with Crippen LogP contribution in [-0.4, -0.2) is 37.3 Å². The summed E-state index contributed by atoms with van der Waals surface area (Å²) in [5.74, 6) is 2.50. The van der Waals surface area contributed by atoms with Gasteiger partial charge in [0.25, 0.3) is 0 Å². The maximum Gasteiger partial charge on any atom is 0.227 e. The first-order chi connectivity index (χ1) is 13.0. The number of aryl methyl sites for hydroxylation is 3. The molecule has 0 bridgehead atoms. The number of hydrogen-bond acceptors (Lipinski definition) is 5. The lowest BCUT2D eigenvalue weighted by molar-refractivity contribution is -0.132. The van der Waals surface area contributed by atoms with E-state index in [1.54, 1.807) is 0 Å². The number of amides is 1. The fraction of sp³-hybridized carbons (Fsp3) is 0.400. The molecule has 1 atom stereocenters. The maximum atomic E-state index is 13.0. The topological polar surface area (TPSA) is 77.1 Å². The third-order valence-electron chi connectivity index (χ3n) is 5.24. The third-order valence-corrected chi connectivity index (χ3v) is 5.24. The molecule has 0 spiro atoms. The Bertz CT molecular complexity index is 941. The Hall–Kier alpha value is -2.96. The minimum absolute atomic E-state index is 0.0642. The van der Waals surface area contributed by atoms with Crippen molar-refractivity contribution in [2.75, 3.05) is 6.54 Å². The van der Waals surface area contributed by atoms with Gasteiger partial charge in [-0.15, -0.1) is 10.2 Å². The van der Waals surface area contributed by atoms with Gasteiger partial charge in [0.05, 0.1) is 24.7 Å². The molecule has 140 valence electrons. The molecule has 0 saturated heterocycles. The van der Waals surface area contributed by atoms with Gasteiger partial charge in [-0.25, -0.2) is 0 Å². The van der Waals surface area contributed by atoms with Crippen LogP contribution in [0.2, 0.25) is 0 Å². The highest BCUT2D eigenvalue weighted by Gasteiger charge is 2.31. The summed E-state index contributed by atoms with van der Waals surface area (Å²) in [5.41, 5.74) is 2.89. The van der Waals surface area contributed by atoms with Gasteiger partial charge in [0.2, 0.25) is 5.91 Å². The van der Waals surface area contributed by atoms with Gasteiger partial charge >= 0.3 is 0 Å². The molecule has 0 unspecified atom stereocenters. The first-order valence-corrected chi connectivity index (χ1v) is 9.16. The monoisotopic (exact) mass is 365 g/mol. The molecule has 0 aliphatic carbocycles. The molecule has 0 fully saturated rings. The predicted molar refractivity (Wildman–Crippen MR) is 99.0 cm³/mol. The summed E-state index contributed by atoms with van der Waals surface area (Å²) in [6.07, 6.45) is 1.13. The Morgan fingerprint density at radius 1 is 1.19 bits per heavy atom. The van der Waals surface area contributed by atoms with Crippen molar-refractivity contribution in [3.63, 3.8) is 0 Å². The lowest BCUT2D eigenvalue weighted by Gasteiger charge is -2.34. The quantitative estimate of drug-likeness (QED) is 0.710. The summed E-state index contributed by atoms with van der Waals surface area (Å²) in [6, 6.07) is 10.4. The molecule has 1 aliphatic heterocycles. The van der Waals surface area contributed by atoms with Crippen molar-refractivity contribution in [1.82, 2.24) is 24.8 Å². The van der Waals surface area contributed by atoms with E-state index in [1.807, 2.05) is 43.9 Å². The van der Waals surface area contributed by atoms with E-state index >= 15 is 0 Å². The van der Waals surface area contributed by atoms with Gasteiger partial charge in [-0.2, -0.15) is 0 Å². The van der Waals surface area contributed by atoms with Crippen molar-refractivity contribution in [2.45, 2.75) is 46.2 Å². The van der Waals surface area contributed by atoms with Crippen LogP contribution in [0.3, 0.4) is 0 Å². The Labute approximate surface area is 158 Å². The molecular formula is C20H23N5O2. The molecule has 0 N–H and O–H groups in total. The fourth-order valence-electron chi connectivity index (χ4n) is 3.82. The first kappa shape index (κ1) is 17.5. The number of hydrogen-bond donors (Lipinski definition) is 0. The summed E-state index contributed by atoms with van der Waals surface area (Å²) in [6.45, 7) is 6.80. The van der Waals surface area contributed by atoms with Crippen LogP contribution >= 0.6 is 0 Å². The largest absolute Gasteiger partial charge is 0.361 e. The van der Waals surface area contributed by atoms with Crippen LogP contribution in [0, 0.1) is 20.8 Å². The van der Waals surface area contributed by atoms with Crippen LogP contribution in [0.4, 0.5) is 0 Å². The fourth-order valence-corrected chi connectivity index (χ4v) is 3.82. The van der Waals surface area contributed by atoms with E-state index in [0.29, 0.717) is 25.3 Å². The smallest absolute Gasteiger partial charge is 0.227 e. The van der Waals surface area contributed by atoms with Gasteiger partial charge in [0.15, 0.2) is 5.82 Å². The van der Waals surface area contributed by atoms with Gasteiger partial charge in [-0.3, -0.25) is 4.79 Å². The molecule has 3 heterocycles. The molecule has 7 nitrogen and oxygen atoms in total. The highest BCUT2D eigenvalue weighted by Crippen LogP contribution is 2.26. The molecule has 4 rings (SSSR count). The standard InChI is InChI=1S/C20H23N5O2/c1-13-18(14(2)27-23-13)10-20(26)24-11-17(9-16-7-5-4-6-8-16)25-15(3)21-22-19(25)12-24/h4-8,17H,9-12H2,1-3H3/t17-/m1/s1. The van der Waals surface area contributed by atoms with Crippen molar-refractivity contribution in [2.24, 2.45) is 0 Å². The van der Waals surface area contributed by atoms with E-state index in [1.165, 1.54) is 5.56 Å². The lowest BCUT2D eigenvalue weighted by Crippen LogP contribution is -2.43. The van der Waals surface area contributed by atoms with E-state index in [0.717, 1.165) is 29.3 Å². The summed E-state index contributed by atoms with van der Waals surface area (Å²) in [4.78, 5) is 14.9. The van der Waals surface area contributed by atoms with E-state index in [4.69, 9.17) is 4.52 Å². The zero-order valence-corrected chi connectivity index (χ0v) is 15.8. The maximum absolute atomic E-state index is 13.0. The summed E-state index contributed by atoms with van der Waals surface area (Å²) < 4.78 is 7.37. The van der Waals surface area contributed by atoms with Crippen molar-refractivity contribution in [3.8, 4) is 0 Å². The summed E-state index contributed by atoms with van der Waals surface area (Å²) >= 11 is 0. The van der Waals surface area contributed by atoms with Gasteiger partial charge in [-0.1, -0.05) is 35.5 Å². The Balaban J connectivity index is 1.58. The van der Waals surface area contributed by atoms with Crippen molar-refractivity contribution >= 4 is 5.91 Å². The van der Waals surface area contributed by atoms with E-state index in [2.05, 4.69) is 32.1 Å². The number of nitrogens with zero attached hydrogens (tertiary/aromatic N) is 5. The van der Waals surface area contributed by atoms with Crippen LogP contribution in [0.5, 0.6) is 0 Å². The normalized spacial score (nSPS) is 16.4. The van der Waals surface area contributed by atoms with E-state index in [9.17, 15) is 4.79 Å². The van der Waals surface area contributed by atoms with Gasteiger partial charge in [-0.05, 0) is 32.8 Å². The molecule has 1 aromatic carbocycles. The van der Waals surface area contributed by atoms with Gasteiger partial charge in [0, 0.05) is 12.1 Å². The van der Waals surface area contributed by atoms with Crippen molar-refractivity contribution < 1.29 is 9.32 Å². The summed E-state index contributed by atoms with van der Waals surface area (Å²) in [7, 11) is 0. The number of carbonyl (C=O) groups excluding carboxylic acids is 1. The molecule has 0 radical (unpaired) electrons. The zero-order valence-electron chi connectivity index (χ0n) is 15.8. The predicted octanol–water partition coefficient (Wildman–Crippen LogP) is 2.56. The van der Waals surface area contributed by atoms with Crippen LogP contribution in [-0.2, 0) is 24.2 Å². The number of rotatable bonds is 4. The summed E-state index contributed by atoms with van der Waals surface area (Å²) in [5, 5.41) is 12.5. The Morgan fingerprint density at radius 3 is 2.67 bits per heavy atom. The Morgan fingerprint density at radius 2 is 1.96 bits per heavy atom. The van der Waals surface area contributed by atoms with Crippen LogP contribution in [0.15, 0.2) is 34.9 Å². The molecule has 3 aromatic rings. The van der Waals surface area contributed by atoms with Crippen molar-refractivity contribution in [3.05, 3.63) is 64.6 Å². The zero-order chi connectivity index (χ0) is 19.0. The first-order valence-electron chi connectivity index (χ1n) is 9.16. The minimum atomic E-state index is 0.0642. The number of fused-ring (bicyclic) bond motifs is 1. The Kier molecular flexibility index (Phi) is 4.51. The van der Waals surface area contributed by atoms with Crippen LogP contribution in [0.25, 0.3) is 0 Å². The second-order valence-corrected chi connectivity index (χ2v) is 7.13. The number of carbonyl (C=O) groups is 1. The molecule has 1 aliphatic rings. The van der Waals surface area contributed by atoms with Gasteiger partial charge < -0.3 is 14.0 Å². The average molecular weight is 365 g/mol. The highest BCUT2D eigenvalue weighted by atomic mass is 16.5. The lowest BCUT2D eigenvalue weighted by atomic mass is 10.0. The highest BCUT2D eigenvalue weighted by molar-refractivity contribution is 5.79. The minimum Gasteiger partial charge on any atom is -0.361 e. The average Bonchev–Trinajstić information content (AvgIpc) is 3.19. The number of benzene rings is 1. The number of aromatic nitrogens is 4. The molecule has 27 heavy (non-hydrogen) atoms. The molecule has 7 heteroatoms. The van der Waals surface area contributed by atoms with E-state index in [-0.39, 0.29) is 11.9 Å². The second kappa shape index (κ2) is 6.98. The van der Waals surface area contributed by atoms with Crippen LogP contribution < -0.4 is 0 Å². The molecular weight excluding hydrogens is 342 g/mol. The van der Waals surface area contributed by atoms with Crippen LogP contribution in [0.1, 0.15) is 40.3 Å². The molecule has 2 aromatic heterocycles. The van der Waals surface area contributed by atoms with Gasteiger partial charge in [0.1, 0.15) is 11.6 Å². The second-order valence-electron chi connectivity index (χ2n) is 7.13. The third kappa shape index (κ3) is 3.37. The van der Waals surface area contributed by atoms with Crippen molar-refractivity contribution in [1.29, 1.82) is 0 Å². The SMILES string of the molecule is Cc1noc(C)c1CC(=O)N1Cc2nnc(C)n2[C@H](Cc2ccccc2)C1.